The van der Waals surface area contributed by atoms with E-state index in [9.17, 15) is 24.3 Å². The van der Waals surface area contributed by atoms with E-state index in [0.29, 0.717) is 0 Å². The Morgan fingerprint density at radius 2 is 1.87 bits per heavy atom. The van der Waals surface area contributed by atoms with E-state index in [1.807, 2.05) is 4.98 Å². The highest BCUT2D eigenvalue weighted by Gasteiger charge is 2.50. The van der Waals surface area contributed by atoms with E-state index in [1.54, 1.807) is 0 Å². The van der Waals surface area contributed by atoms with Gasteiger partial charge in [0.1, 0.15) is 6.10 Å². The van der Waals surface area contributed by atoms with Gasteiger partial charge in [-0.3, -0.25) is 23.9 Å². The van der Waals surface area contributed by atoms with Crippen LogP contribution >= 0.6 is 0 Å². The average Bonchev–Trinajstić information content (AvgIpc) is 2.76. The van der Waals surface area contributed by atoms with Gasteiger partial charge in [0.05, 0.1) is 6.61 Å². The molecular weight excluding hydrogens is 312 g/mol. The number of nitrogens with one attached hydrogen (secondary N) is 1. The lowest BCUT2D eigenvalue weighted by Gasteiger charge is -2.23. The number of rotatable bonds is 4. The van der Waals surface area contributed by atoms with Crippen LogP contribution in [0.1, 0.15) is 20.1 Å². The molecule has 1 aliphatic heterocycles. The molecular formula is C13H16N2O8. The van der Waals surface area contributed by atoms with Crippen LogP contribution in [0, 0.1) is 0 Å². The van der Waals surface area contributed by atoms with Crippen molar-refractivity contribution in [3.05, 3.63) is 33.1 Å². The minimum atomic E-state index is -1.16. The Kier molecular flexibility index (Phi) is 4.96. The van der Waals surface area contributed by atoms with Gasteiger partial charge in [0.25, 0.3) is 5.56 Å². The molecule has 1 saturated heterocycles. The van der Waals surface area contributed by atoms with Gasteiger partial charge in [0.2, 0.25) is 0 Å². The molecule has 23 heavy (non-hydrogen) atoms. The largest absolute Gasteiger partial charge is 0.456 e. The average molecular weight is 328 g/mol. The van der Waals surface area contributed by atoms with E-state index in [-0.39, 0.29) is 0 Å². The molecule has 2 rings (SSSR count). The third kappa shape index (κ3) is 3.66. The maximum Gasteiger partial charge on any atom is 0.330 e. The summed E-state index contributed by atoms with van der Waals surface area (Å²) >= 11 is 0. The second-order valence-corrected chi connectivity index (χ2v) is 4.91. The Morgan fingerprint density at radius 3 is 2.39 bits per heavy atom. The molecule has 1 fully saturated rings. The Balaban J connectivity index is 2.43. The lowest BCUT2D eigenvalue weighted by molar-refractivity contribution is -0.165. The van der Waals surface area contributed by atoms with Crippen LogP contribution in [0.2, 0.25) is 0 Å². The van der Waals surface area contributed by atoms with Gasteiger partial charge in [-0.05, 0) is 0 Å². The molecule has 0 radical (unpaired) electrons. The molecule has 1 aromatic rings. The number of carbonyl (C=O) groups excluding carboxylic acids is 2. The lowest BCUT2D eigenvalue weighted by Crippen LogP contribution is -2.42. The predicted molar refractivity (Wildman–Crippen MR) is 73.4 cm³/mol. The molecule has 1 aromatic heterocycles. The summed E-state index contributed by atoms with van der Waals surface area (Å²) < 4.78 is 16.6. The van der Waals surface area contributed by atoms with E-state index < -0.39 is 54.3 Å². The van der Waals surface area contributed by atoms with Gasteiger partial charge in [0, 0.05) is 26.1 Å². The first kappa shape index (κ1) is 16.9. The number of aliphatic hydroxyl groups is 1. The summed E-state index contributed by atoms with van der Waals surface area (Å²) in [6.07, 6.45) is -3.24. The summed E-state index contributed by atoms with van der Waals surface area (Å²) in [4.78, 5) is 47.6. The number of aliphatic hydroxyl groups excluding tert-OH is 1. The van der Waals surface area contributed by atoms with Gasteiger partial charge in [-0.25, -0.2) is 4.79 Å². The van der Waals surface area contributed by atoms with Crippen LogP contribution in [-0.2, 0) is 23.8 Å². The fourth-order valence-electron chi connectivity index (χ4n) is 2.36. The summed E-state index contributed by atoms with van der Waals surface area (Å²) in [6.45, 7) is 1.77. The van der Waals surface area contributed by atoms with Crippen LogP contribution in [0.15, 0.2) is 21.9 Å². The van der Waals surface area contributed by atoms with E-state index in [4.69, 9.17) is 14.2 Å². The number of ether oxygens (including phenoxy) is 3. The van der Waals surface area contributed by atoms with Crippen molar-refractivity contribution in [3.8, 4) is 0 Å². The highest BCUT2D eigenvalue weighted by atomic mass is 16.6. The highest BCUT2D eigenvalue weighted by molar-refractivity contribution is 5.67. The third-order valence-corrected chi connectivity index (χ3v) is 3.19. The molecule has 4 atom stereocenters. The normalized spacial score (nSPS) is 26.7. The molecule has 0 unspecified atom stereocenters. The fraction of sp³-hybridized carbons (Fsp3) is 0.538. The molecule has 0 bridgehead atoms. The van der Waals surface area contributed by atoms with Crippen molar-refractivity contribution in [2.24, 2.45) is 0 Å². The molecule has 1 aliphatic rings. The summed E-state index contributed by atoms with van der Waals surface area (Å²) in [5.74, 6) is -1.35. The van der Waals surface area contributed by atoms with Crippen molar-refractivity contribution in [3.63, 3.8) is 0 Å². The number of carbonyl (C=O) groups is 2. The smallest absolute Gasteiger partial charge is 0.330 e. The van der Waals surface area contributed by atoms with Crippen LogP contribution < -0.4 is 11.2 Å². The zero-order valence-corrected chi connectivity index (χ0v) is 12.4. The van der Waals surface area contributed by atoms with Gasteiger partial charge in [-0.2, -0.15) is 0 Å². The monoisotopic (exact) mass is 328 g/mol. The summed E-state index contributed by atoms with van der Waals surface area (Å²) in [6, 6.07) is 1.09. The first-order chi connectivity index (χ1) is 10.8. The van der Waals surface area contributed by atoms with Crippen LogP contribution in [0.25, 0.3) is 0 Å². The maximum absolute atomic E-state index is 11.9. The number of H-pyrrole nitrogens is 1. The molecule has 10 heteroatoms. The maximum atomic E-state index is 11.9. The van der Waals surface area contributed by atoms with Crippen molar-refractivity contribution in [1.29, 1.82) is 0 Å². The van der Waals surface area contributed by atoms with Gasteiger partial charge in [-0.1, -0.05) is 0 Å². The zero-order chi connectivity index (χ0) is 17.1. The molecule has 2 N–H and O–H groups in total. The first-order valence-electron chi connectivity index (χ1n) is 6.75. The number of hydrogen-bond acceptors (Lipinski definition) is 8. The van der Waals surface area contributed by atoms with Gasteiger partial charge in [0.15, 0.2) is 18.4 Å². The fourth-order valence-corrected chi connectivity index (χ4v) is 2.36. The van der Waals surface area contributed by atoms with Crippen LogP contribution in [0.4, 0.5) is 0 Å². The minimum absolute atomic E-state index is 0.523. The lowest BCUT2D eigenvalue weighted by atomic mass is 10.1. The van der Waals surface area contributed by atoms with E-state index in [0.717, 1.165) is 30.7 Å². The van der Waals surface area contributed by atoms with Crippen LogP contribution in [0.5, 0.6) is 0 Å². The molecule has 0 saturated carbocycles. The molecule has 0 aliphatic carbocycles. The van der Waals surface area contributed by atoms with Crippen molar-refractivity contribution < 1.29 is 28.9 Å². The zero-order valence-electron chi connectivity index (χ0n) is 12.4. The van der Waals surface area contributed by atoms with Crippen LogP contribution in [-0.4, -0.2) is 51.5 Å². The Hall–Kier alpha value is -2.46. The van der Waals surface area contributed by atoms with Crippen molar-refractivity contribution in [1.82, 2.24) is 9.55 Å². The standard InChI is InChI=1S/C13H16N2O8/c1-6(17)21-10-8(5-16)23-12(11(10)22-7(2)18)15-4-3-9(19)14-13(15)20/h3-4,8,10-12,16H,5H2,1-2H3,(H,14,19,20)/t8-,10-,11+,12-/m0/s1. The Bertz CT molecular complexity index is 708. The SMILES string of the molecule is CC(=O)O[C@@H]1[C@@H](OC(C)=O)[C@@H](n2ccc(=O)[nH]c2=O)O[C@H]1CO. The second kappa shape index (κ2) is 6.75. The van der Waals surface area contributed by atoms with Crippen molar-refractivity contribution >= 4 is 11.9 Å². The Morgan fingerprint density at radius 1 is 1.26 bits per heavy atom. The summed E-state index contributed by atoms with van der Waals surface area (Å²) in [5, 5.41) is 9.38. The Labute approximate surface area is 129 Å². The molecule has 0 aromatic carbocycles. The number of nitrogens with zero attached hydrogens (tertiary/aromatic N) is 1. The molecule has 0 amide bonds. The summed E-state index contributed by atoms with van der Waals surface area (Å²) in [5.41, 5.74) is -1.40. The molecule has 2 heterocycles. The van der Waals surface area contributed by atoms with Gasteiger partial charge in [-0.15, -0.1) is 0 Å². The molecule has 10 nitrogen and oxygen atoms in total. The second-order valence-electron chi connectivity index (χ2n) is 4.91. The summed E-state index contributed by atoms with van der Waals surface area (Å²) in [7, 11) is 0. The number of hydrogen-bond donors (Lipinski definition) is 2. The molecule has 0 spiro atoms. The van der Waals surface area contributed by atoms with Crippen molar-refractivity contribution in [2.75, 3.05) is 6.61 Å². The number of esters is 2. The highest BCUT2D eigenvalue weighted by Crippen LogP contribution is 2.32. The number of aromatic nitrogens is 2. The first-order valence-corrected chi connectivity index (χ1v) is 6.75. The van der Waals surface area contributed by atoms with Gasteiger partial charge < -0.3 is 19.3 Å². The minimum Gasteiger partial charge on any atom is -0.456 e. The van der Waals surface area contributed by atoms with E-state index in [2.05, 4.69) is 0 Å². The third-order valence-electron chi connectivity index (χ3n) is 3.19. The van der Waals surface area contributed by atoms with Gasteiger partial charge >= 0.3 is 17.6 Å². The number of aromatic amines is 1. The topological polar surface area (TPSA) is 137 Å². The predicted octanol–water partition coefficient (Wildman–Crippen LogP) is -1.71. The van der Waals surface area contributed by atoms with E-state index in [1.165, 1.54) is 0 Å². The molecule has 126 valence electrons. The quantitative estimate of drug-likeness (QED) is 0.623. The van der Waals surface area contributed by atoms with Crippen molar-refractivity contribution in [2.45, 2.75) is 38.4 Å². The van der Waals surface area contributed by atoms with E-state index >= 15 is 0 Å². The van der Waals surface area contributed by atoms with Crippen LogP contribution in [0.3, 0.4) is 0 Å².